The van der Waals surface area contributed by atoms with Crippen molar-refractivity contribution in [1.29, 1.82) is 0 Å². The van der Waals surface area contributed by atoms with Crippen LogP contribution in [0.25, 0.3) is 11.1 Å². The van der Waals surface area contributed by atoms with Gasteiger partial charge in [0.15, 0.2) is 0 Å². The Bertz CT molecular complexity index is 1030. The number of carbonyl (C=O) groups is 2. The Labute approximate surface area is 173 Å². The third-order valence-electron chi connectivity index (χ3n) is 4.63. The molecule has 7 heteroatoms. The van der Waals surface area contributed by atoms with Gasteiger partial charge in [0.2, 0.25) is 0 Å². The van der Waals surface area contributed by atoms with Gasteiger partial charge in [-0.05, 0) is 28.8 Å². The summed E-state index contributed by atoms with van der Waals surface area (Å²) in [5.74, 6) is -1.01. The molecule has 1 N–H and O–H groups in total. The standard InChI is InChI=1S/C23H20N2O5/c1-30-23(27)21(15-16-7-13-20(14-8-16)25(28)29)24-22(26)19-11-9-18(10-12-19)17-5-3-2-4-6-17/h2-14,21H,15H2,1H3,(H,24,26)/t21-/m0/s1. The van der Waals surface area contributed by atoms with Gasteiger partial charge in [0.25, 0.3) is 11.6 Å². The Hall–Kier alpha value is -4.00. The van der Waals surface area contributed by atoms with Crippen molar-refractivity contribution in [3.8, 4) is 11.1 Å². The number of benzene rings is 3. The van der Waals surface area contributed by atoms with E-state index < -0.39 is 22.8 Å². The van der Waals surface area contributed by atoms with Crippen LogP contribution in [-0.2, 0) is 16.0 Å². The van der Waals surface area contributed by atoms with Crippen molar-refractivity contribution in [1.82, 2.24) is 5.32 Å². The first-order chi connectivity index (χ1) is 14.5. The molecule has 3 rings (SSSR count). The van der Waals surface area contributed by atoms with Crippen LogP contribution in [0.15, 0.2) is 78.9 Å². The first-order valence-electron chi connectivity index (χ1n) is 9.25. The number of amides is 1. The molecule has 0 radical (unpaired) electrons. The fraction of sp³-hybridized carbons (Fsp3) is 0.130. The van der Waals surface area contributed by atoms with E-state index in [0.29, 0.717) is 11.1 Å². The summed E-state index contributed by atoms with van der Waals surface area (Å²) in [6.07, 6.45) is 0.151. The van der Waals surface area contributed by atoms with Gasteiger partial charge in [-0.15, -0.1) is 0 Å². The van der Waals surface area contributed by atoms with E-state index in [1.807, 2.05) is 42.5 Å². The summed E-state index contributed by atoms with van der Waals surface area (Å²) in [7, 11) is 1.24. The molecule has 0 spiro atoms. The SMILES string of the molecule is COC(=O)[C@H](Cc1ccc([N+](=O)[O-])cc1)NC(=O)c1ccc(-c2ccccc2)cc1. The largest absolute Gasteiger partial charge is 0.467 e. The van der Waals surface area contributed by atoms with E-state index in [-0.39, 0.29) is 12.1 Å². The topological polar surface area (TPSA) is 98.5 Å². The number of non-ortho nitro benzene ring substituents is 1. The highest BCUT2D eigenvalue weighted by molar-refractivity contribution is 5.97. The molecule has 0 aliphatic heterocycles. The number of carbonyl (C=O) groups excluding carboxylic acids is 2. The van der Waals surface area contributed by atoms with Crippen LogP contribution < -0.4 is 5.32 Å². The van der Waals surface area contributed by atoms with E-state index in [1.54, 1.807) is 24.3 Å². The maximum atomic E-state index is 12.6. The molecule has 0 fully saturated rings. The molecule has 1 amide bonds. The van der Waals surface area contributed by atoms with Gasteiger partial charge in [0.1, 0.15) is 6.04 Å². The quantitative estimate of drug-likeness (QED) is 0.367. The highest BCUT2D eigenvalue weighted by atomic mass is 16.6. The average molecular weight is 404 g/mol. The Morgan fingerprint density at radius 1 is 0.933 bits per heavy atom. The number of methoxy groups -OCH3 is 1. The van der Waals surface area contributed by atoms with Gasteiger partial charge in [-0.1, -0.05) is 54.6 Å². The van der Waals surface area contributed by atoms with Gasteiger partial charge in [-0.3, -0.25) is 14.9 Å². The minimum atomic E-state index is -0.919. The average Bonchev–Trinajstić information content (AvgIpc) is 2.79. The zero-order chi connectivity index (χ0) is 21.5. The van der Waals surface area contributed by atoms with E-state index in [9.17, 15) is 19.7 Å². The number of hydrogen-bond donors (Lipinski definition) is 1. The first kappa shape index (κ1) is 20.7. The maximum Gasteiger partial charge on any atom is 0.328 e. The first-order valence-corrected chi connectivity index (χ1v) is 9.25. The molecule has 0 unspecified atom stereocenters. The van der Waals surface area contributed by atoms with E-state index in [0.717, 1.165) is 11.1 Å². The maximum absolute atomic E-state index is 12.6. The van der Waals surface area contributed by atoms with Gasteiger partial charge in [-0.25, -0.2) is 4.79 Å². The molecular weight excluding hydrogens is 384 g/mol. The van der Waals surface area contributed by atoms with Crippen LogP contribution in [0.1, 0.15) is 15.9 Å². The van der Waals surface area contributed by atoms with Crippen molar-refractivity contribution in [3.63, 3.8) is 0 Å². The van der Waals surface area contributed by atoms with Crippen LogP contribution in [0.3, 0.4) is 0 Å². The zero-order valence-corrected chi connectivity index (χ0v) is 16.3. The second kappa shape index (κ2) is 9.47. The zero-order valence-electron chi connectivity index (χ0n) is 16.3. The number of esters is 1. The lowest BCUT2D eigenvalue weighted by Crippen LogP contribution is -2.43. The van der Waals surface area contributed by atoms with Crippen molar-refractivity contribution in [3.05, 3.63) is 100 Å². The highest BCUT2D eigenvalue weighted by Gasteiger charge is 2.23. The third-order valence-corrected chi connectivity index (χ3v) is 4.63. The summed E-state index contributed by atoms with van der Waals surface area (Å²) < 4.78 is 4.80. The van der Waals surface area contributed by atoms with Crippen LogP contribution in [-0.4, -0.2) is 30.0 Å². The fourth-order valence-corrected chi connectivity index (χ4v) is 3.01. The summed E-state index contributed by atoms with van der Waals surface area (Å²) in [5.41, 5.74) is 3.04. The Balaban J connectivity index is 1.72. The number of nitrogens with zero attached hydrogens (tertiary/aromatic N) is 1. The highest BCUT2D eigenvalue weighted by Crippen LogP contribution is 2.19. The molecule has 152 valence electrons. The predicted octanol–water partition coefficient (Wildman–Crippen LogP) is 3.78. The normalized spacial score (nSPS) is 11.4. The van der Waals surface area contributed by atoms with Crippen molar-refractivity contribution in [2.75, 3.05) is 7.11 Å². The van der Waals surface area contributed by atoms with Crippen molar-refractivity contribution in [2.24, 2.45) is 0 Å². The summed E-state index contributed by atoms with van der Waals surface area (Å²) >= 11 is 0. The number of nitro groups is 1. The summed E-state index contributed by atoms with van der Waals surface area (Å²) in [6.45, 7) is 0. The van der Waals surface area contributed by atoms with Crippen LogP contribution in [0.2, 0.25) is 0 Å². The molecule has 3 aromatic rings. The second-order valence-corrected chi connectivity index (χ2v) is 6.62. The van der Waals surface area contributed by atoms with Gasteiger partial charge in [0, 0.05) is 24.1 Å². The molecule has 0 saturated heterocycles. The van der Waals surface area contributed by atoms with Gasteiger partial charge >= 0.3 is 5.97 Å². The minimum Gasteiger partial charge on any atom is -0.467 e. The van der Waals surface area contributed by atoms with E-state index in [1.165, 1.54) is 19.2 Å². The molecule has 0 aliphatic carbocycles. The molecule has 3 aromatic carbocycles. The smallest absolute Gasteiger partial charge is 0.328 e. The Morgan fingerprint density at radius 2 is 1.53 bits per heavy atom. The molecule has 0 saturated carbocycles. The van der Waals surface area contributed by atoms with Crippen molar-refractivity contribution < 1.29 is 19.2 Å². The molecule has 0 aliphatic rings. The molecule has 30 heavy (non-hydrogen) atoms. The van der Waals surface area contributed by atoms with Crippen LogP contribution in [0, 0.1) is 10.1 Å². The monoisotopic (exact) mass is 404 g/mol. The second-order valence-electron chi connectivity index (χ2n) is 6.62. The van der Waals surface area contributed by atoms with Crippen molar-refractivity contribution >= 4 is 17.6 Å². The van der Waals surface area contributed by atoms with Gasteiger partial charge < -0.3 is 10.1 Å². The lowest BCUT2D eigenvalue weighted by molar-refractivity contribution is -0.384. The molecule has 0 heterocycles. The van der Waals surface area contributed by atoms with E-state index in [2.05, 4.69) is 5.32 Å². The molecule has 0 bridgehead atoms. The van der Waals surface area contributed by atoms with Crippen LogP contribution in [0.5, 0.6) is 0 Å². The van der Waals surface area contributed by atoms with Gasteiger partial charge in [0.05, 0.1) is 12.0 Å². The van der Waals surface area contributed by atoms with Crippen LogP contribution >= 0.6 is 0 Å². The molecule has 7 nitrogen and oxygen atoms in total. The Kier molecular flexibility index (Phi) is 6.54. The lowest BCUT2D eigenvalue weighted by Gasteiger charge is -2.17. The van der Waals surface area contributed by atoms with E-state index >= 15 is 0 Å². The van der Waals surface area contributed by atoms with Crippen LogP contribution in [0.4, 0.5) is 5.69 Å². The number of hydrogen-bond acceptors (Lipinski definition) is 5. The van der Waals surface area contributed by atoms with Crippen molar-refractivity contribution in [2.45, 2.75) is 12.5 Å². The number of ether oxygens (including phenoxy) is 1. The lowest BCUT2D eigenvalue weighted by atomic mass is 10.0. The number of nitrogens with one attached hydrogen (secondary N) is 1. The van der Waals surface area contributed by atoms with Gasteiger partial charge in [-0.2, -0.15) is 0 Å². The summed E-state index contributed by atoms with van der Waals surface area (Å²) in [5, 5.41) is 13.5. The third kappa shape index (κ3) is 5.08. The molecule has 1 atom stereocenters. The summed E-state index contributed by atoms with van der Waals surface area (Å²) in [4.78, 5) is 35.1. The molecular formula is C23H20N2O5. The summed E-state index contributed by atoms with van der Waals surface area (Å²) in [6, 6.07) is 21.7. The Morgan fingerprint density at radius 3 is 2.10 bits per heavy atom. The predicted molar refractivity (Wildman–Crippen MR) is 112 cm³/mol. The molecule has 0 aromatic heterocycles. The fourth-order valence-electron chi connectivity index (χ4n) is 3.01. The van der Waals surface area contributed by atoms with E-state index in [4.69, 9.17) is 4.74 Å². The number of rotatable bonds is 7. The minimum absolute atomic E-state index is 0.0455. The number of nitro benzene ring substituents is 1.